The summed E-state index contributed by atoms with van der Waals surface area (Å²) in [7, 11) is 1.55. The largest absolute Gasteiger partial charge is 0.497 e. The van der Waals surface area contributed by atoms with Gasteiger partial charge >= 0.3 is 0 Å². The van der Waals surface area contributed by atoms with Gasteiger partial charge in [-0.2, -0.15) is 0 Å². The van der Waals surface area contributed by atoms with Crippen molar-refractivity contribution in [1.29, 1.82) is 0 Å². The van der Waals surface area contributed by atoms with Crippen LogP contribution < -0.4 is 20.7 Å². The van der Waals surface area contributed by atoms with E-state index >= 15 is 0 Å². The minimum Gasteiger partial charge on any atom is -0.497 e. The molecule has 0 aliphatic heterocycles. The summed E-state index contributed by atoms with van der Waals surface area (Å²) >= 11 is 1.35. The third-order valence-corrected chi connectivity index (χ3v) is 7.44. The Hall–Kier alpha value is -4.89. The molecule has 0 heterocycles. The van der Waals surface area contributed by atoms with Gasteiger partial charge in [-0.15, -0.1) is 11.8 Å². The monoisotopic (exact) mass is 583 g/mol. The first-order valence-electron chi connectivity index (χ1n) is 13.2. The fraction of sp³-hybridized carbons (Fsp3) is 0.121. The van der Waals surface area contributed by atoms with E-state index in [1.54, 1.807) is 86.0 Å². The van der Waals surface area contributed by atoms with Crippen LogP contribution in [-0.2, 0) is 9.59 Å². The van der Waals surface area contributed by atoms with Crippen LogP contribution in [0.5, 0.6) is 5.75 Å². The number of halogens is 1. The lowest BCUT2D eigenvalue weighted by atomic mass is 10.1. The molecule has 0 spiro atoms. The van der Waals surface area contributed by atoms with Gasteiger partial charge in [-0.3, -0.25) is 14.4 Å². The molecule has 4 rings (SSSR count). The fourth-order valence-electron chi connectivity index (χ4n) is 3.93. The molecule has 0 saturated carbocycles. The van der Waals surface area contributed by atoms with E-state index in [1.807, 2.05) is 13.0 Å². The minimum atomic E-state index is -0.523. The molecule has 1 unspecified atom stereocenters. The van der Waals surface area contributed by atoms with Crippen LogP contribution in [-0.4, -0.2) is 30.1 Å². The average Bonchev–Trinajstić information content (AvgIpc) is 3.01. The molecule has 0 fully saturated rings. The minimum absolute atomic E-state index is 0.0419. The number of hydrogen-bond acceptors (Lipinski definition) is 5. The van der Waals surface area contributed by atoms with Gasteiger partial charge in [0.25, 0.3) is 11.8 Å². The average molecular weight is 584 g/mol. The lowest BCUT2D eigenvalue weighted by molar-refractivity contribution is -0.116. The van der Waals surface area contributed by atoms with Crippen LogP contribution in [0.2, 0.25) is 0 Å². The Morgan fingerprint density at radius 3 is 2.31 bits per heavy atom. The van der Waals surface area contributed by atoms with E-state index in [9.17, 15) is 18.8 Å². The Bertz CT molecular complexity index is 1580. The Morgan fingerprint density at radius 1 is 0.857 bits per heavy atom. The van der Waals surface area contributed by atoms with Crippen LogP contribution in [0.4, 0.5) is 15.8 Å². The maximum atomic E-state index is 13.4. The molecular formula is C33H30FN3O4S. The molecule has 0 aromatic heterocycles. The smallest absolute Gasteiger partial charge is 0.272 e. The lowest BCUT2D eigenvalue weighted by Crippen LogP contribution is -2.30. The number of hydrogen-bond donors (Lipinski definition) is 3. The zero-order valence-corrected chi connectivity index (χ0v) is 23.9. The number of rotatable bonds is 11. The number of methoxy groups -OCH3 is 1. The third kappa shape index (κ3) is 8.55. The highest BCUT2D eigenvalue weighted by Crippen LogP contribution is 2.29. The molecule has 0 aliphatic carbocycles. The predicted molar refractivity (Wildman–Crippen MR) is 165 cm³/mol. The van der Waals surface area contributed by atoms with Crippen molar-refractivity contribution in [3.8, 4) is 5.75 Å². The van der Waals surface area contributed by atoms with Crippen molar-refractivity contribution < 1.29 is 23.5 Å². The summed E-state index contributed by atoms with van der Waals surface area (Å²) in [6.45, 7) is 1.90. The molecule has 4 aromatic carbocycles. The van der Waals surface area contributed by atoms with Crippen molar-refractivity contribution in [3.63, 3.8) is 0 Å². The SMILES string of the molecule is CCC(Sc1cccc(NC(=O)/C(=C/c2cccc(OC)c2)NC(=O)c2ccccc2)c1)C(=O)Nc1ccc(F)cc1. The number of carbonyl (C=O) groups excluding carboxylic acids is 3. The first kappa shape index (κ1) is 30.1. The number of benzene rings is 4. The van der Waals surface area contributed by atoms with E-state index in [2.05, 4.69) is 16.0 Å². The van der Waals surface area contributed by atoms with Crippen LogP contribution in [0.25, 0.3) is 6.08 Å². The van der Waals surface area contributed by atoms with Crippen LogP contribution >= 0.6 is 11.8 Å². The lowest BCUT2D eigenvalue weighted by Gasteiger charge is -2.16. The van der Waals surface area contributed by atoms with Crippen molar-refractivity contribution in [3.05, 3.63) is 126 Å². The fourth-order valence-corrected chi connectivity index (χ4v) is 4.94. The maximum Gasteiger partial charge on any atom is 0.272 e. The third-order valence-electron chi connectivity index (χ3n) is 6.08. The van der Waals surface area contributed by atoms with Gasteiger partial charge < -0.3 is 20.7 Å². The van der Waals surface area contributed by atoms with Gasteiger partial charge in [0, 0.05) is 21.8 Å². The first-order chi connectivity index (χ1) is 20.3. The van der Waals surface area contributed by atoms with Gasteiger partial charge in [0.2, 0.25) is 5.91 Å². The van der Waals surface area contributed by atoms with Crippen LogP contribution in [0, 0.1) is 5.82 Å². The van der Waals surface area contributed by atoms with Crippen molar-refractivity contribution >= 4 is 46.9 Å². The molecule has 1 atom stereocenters. The normalized spacial score (nSPS) is 11.7. The molecule has 214 valence electrons. The molecule has 0 saturated heterocycles. The highest BCUT2D eigenvalue weighted by molar-refractivity contribution is 8.00. The van der Waals surface area contributed by atoms with Crippen molar-refractivity contribution in [2.75, 3.05) is 17.7 Å². The van der Waals surface area contributed by atoms with Gasteiger partial charge in [-0.1, -0.05) is 43.3 Å². The topological polar surface area (TPSA) is 96.5 Å². The van der Waals surface area contributed by atoms with Crippen molar-refractivity contribution in [2.45, 2.75) is 23.5 Å². The van der Waals surface area contributed by atoms with Gasteiger partial charge in [0.05, 0.1) is 12.4 Å². The van der Waals surface area contributed by atoms with Crippen molar-refractivity contribution in [2.24, 2.45) is 0 Å². The summed E-state index contributed by atoms with van der Waals surface area (Å²) in [5, 5.41) is 7.97. The number of anilines is 2. The predicted octanol–water partition coefficient (Wildman–Crippen LogP) is 6.75. The molecule has 7 nitrogen and oxygen atoms in total. The van der Waals surface area contributed by atoms with E-state index in [4.69, 9.17) is 4.74 Å². The molecule has 9 heteroatoms. The molecule has 0 radical (unpaired) electrons. The second kappa shape index (κ2) is 14.7. The Balaban J connectivity index is 1.51. The highest BCUT2D eigenvalue weighted by Gasteiger charge is 2.19. The molecule has 0 bridgehead atoms. The Kier molecular flexibility index (Phi) is 10.5. The highest BCUT2D eigenvalue weighted by atomic mass is 32.2. The van der Waals surface area contributed by atoms with Crippen LogP contribution in [0.3, 0.4) is 0 Å². The number of thioether (sulfide) groups is 1. The van der Waals surface area contributed by atoms with E-state index < -0.39 is 17.1 Å². The van der Waals surface area contributed by atoms with Gasteiger partial charge in [0.1, 0.15) is 17.3 Å². The summed E-state index contributed by atoms with van der Waals surface area (Å²) in [4.78, 5) is 40.0. The van der Waals surface area contributed by atoms with Crippen LogP contribution in [0.15, 0.2) is 114 Å². The summed E-state index contributed by atoms with van der Waals surface area (Å²) in [6.07, 6.45) is 2.12. The quantitative estimate of drug-likeness (QED) is 0.134. The Morgan fingerprint density at radius 2 is 1.60 bits per heavy atom. The Labute approximate surface area is 248 Å². The van der Waals surface area contributed by atoms with Gasteiger partial charge in [0.15, 0.2) is 0 Å². The molecule has 0 aliphatic rings. The summed E-state index contributed by atoms with van der Waals surface area (Å²) in [6, 6.07) is 28.4. The van der Waals surface area contributed by atoms with Gasteiger partial charge in [-0.05, 0) is 84.8 Å². The number of carbonyl (C=O) groups is 3. The summed E-state index contributed by atoms with van der Waals surface area (Å²) < 4.78 is 18.5. The molecule has 42 heavy (non-hydrogen) atoms. The van der Waals surface area contributed by atoms with E-state index in [0.717, 1.165) is 4.90 Å². The molecular weight excluding hydrogens is 553 g/mol. The molecule has 4 aromatic rings. The van der Waals surface area contributed by atoms with E-state index in [0.29, 0.717) is 34.7 Å². The second-order valence-corrected chi connectivity index (χ2v) is 10.4. The first-order valence-corrected chi connectivity index (χ1v) is 14.1. The number of amides is 3. The van der Waals surface area contributed by atoms with Gasteiger partial charge in [-0.25, -0.2) is 4.39 Å². The number of ether oxygens (including phenoxy) is 1. The van der Waals surface area contributed by atoms with E-state index in [-0.39, 0.29) is 17.4 Å². The standard InChI is InChI=1S/C33H30FN3O4S/c1-3-30(33(40)35-25-17-15-24(34)16-18-25)42-28-14-8-12-26(21-28)36-32(39)29(20-22-9-7-13-27(19-22)41-2)37-31(38)23-10-5-4-6-11-23/h4-21,30H,3H2,1-2H3,(H,35,40)(H,36,39)(H,37,38)/b29-20-. The van der Waals surface area contributed by atoms with Crippen molar-refractivity contribution in [1.82, 2.24) is 5.32 Å². The zero-order chi connectivity index (χ0) is 29.9. The van der Waals surface area contributed by atoms with E-state index in [1.165, 1.54) is 36.0 Å². The molecule has 3 N–H and O–H groups in total. The number of nitrogens with one attached hydrogen (secondary N) is 3. The molecule has 3 amide bonds. The maximum absolute atomic E-state index is 13.4. The zero-order valence-electron chi connectivity index (χ0n) is 23.1. The van der Waals surface area contributed by atoms with Crippen LogP contribution in [0.1, 0.15) is 29.3 Å². The summed E-state index contributed by atoms with van der Waals surface area (Å²) in [5.41, 5.74) is 2.11. The summed E-state index contributed by atoms with van der Waals surface area (Å²) in [5.74, 6) is -0.936. The second-order valence-electron chi connectivity index (χ2n) is 9.15.